The van der Waals surface area contributed by atoms with Crippen molar-refractivity contribution in [1.29, 1.82) is 0 Å². The number of carbonyl (C=O) groups excluding carboxylic acids is 2. The van der Waals surface area contributed by atoms with E-state index in [1.807, 2.05) is 0 Å². The lowest BCUT2D eigenvalue weighted by Crippen LogP contribution is -2.38. The topological polar surface area (TPSA) is 97.1 Å². The number of hydrogen-bond acceptors (Lipinski definition) is 5. The first kappa shape index (κ1) is 12.9. The number of nitrogens with one attached hydrogen (secondary N) is 2. The van der Waals surface area contributed by atoms with Crippen LogP contribution in [0.4, 0.5) is 5.13 Å². The molecule has 2 heterocycles. The van der Waals surface area contributed by atoms with Crippen LogP contribution in [0.25, 0.3) is 10.2 Å². The first-order valence-corrected chi connectivity index (χ1v) is 7.17. The van der Waals surface area contributed by atoms with Crippen molar-refractivity contribution in [2.75, 3.05) is 12.3 Å². The zero-order valence-electron chi connectivity index (χ0n) is 10.7. The Morgan fingerprint density at radius 1 is 1.55 bits per heavy atom. The van der Waals surface area contributed by atoms with Gasteiger partial charge in [-0.3, -0.25) is 9.59 Å². The highest BCUT2D eigenvalue weighted by Crippen LogP contribution is 2.24. The molecular weight excluding hydrogens is 276 g/mol. The Hall–Kier alpha value is -2.15. The van der Waals surface area contributed by atoms with E-state index in [4.69, 9.17) is 5.73 Å². The molecule has 1 atom stereocenters. The molecule has 1 aromatic heterocycles. The number of anilines is 1. The molecule has 1 saturated heterocycles. The van der Waals surface area contributed by atoms with Crippen molar-refractivity contribution in [3.8, 4) is 0 Å². The first-order chi connectivity index (χ1) is 9.61. The molecule has 0 radical (unpaired) electrons. The number of amides is 2. The van der Waals surface area contributed by atoms with Crippen LogP contribution in [-0.2, 0) is 4.79 Å². The van der Waals surface area contributed by atoms with Crippen LogP contribution in [0.3, 0.4) is 0 Å². The van der Waals surface area contributed by atoms with Gasteiger partial charge in [-0.15, -0.1) is 0 Å². The molecule has 3 rings (SSSR count). The lowest BCUT2D eigenvalue weighted by Gasteiger charge is -2.11. The minimum Gasteiger partial charge on any atom is -0.375 e. The van der Waals surface area contributed by atoms with Crippen LogP contribution in [0, 0.1) is 0 Å². The van der Waals surface area contributed by atoms with Gasteiger partial charge in [0.2, 0.25) is 5.91 Å². The first-order valence-electron chi connectivity index (χ1n) is 6.35. The van der Waals surface area contributed by atoms with E-state index in [1.165, 1.54) is 11.3 Å². The third-order valence-electron chi connectivity index (χ3n) is 3.26. The summed E-state index contributed by atoms with van der Waals surface area (Å²) in [5.41, 5.74) is 7.01. The molecule has 2 amide bonds. The van der Waals surface area contributed by atoms with E-state index >= 15 is 0 Å². The van der Waals surface area contributed by atoms with Gasteiger partial charge in [-0.1, -0.05) is 11.3 Å². The third-order valence-corrected chi connectivity index (χ3v) is 4.11. The second kappa shape index (κ2) is 5.09. The summed E-state index contributed by atoms with van der Waals surface area (Å²) in [6.45, 7) is 0.452. The molecule has 4 N–H and O–H groups in total. The van der Waals surface area contributed by atoms with E-state index in [0.717, 1.165) is 16.6 Å². The highest BCUT2D eigenvalue weighted by molar-refractivity contribution is 7.22. The van der Waals surface area contributed by atoms with Crippen LogP contribution in [0.2, 0.25) is 0 Å². The average molecular weight is 290 g/mol. The second-order valence-electron chi connectivity index (χ2n) is 4.75. The monoisotopic (exact) mass is 290 g/mol. The fourth-order valence-electron chi connectivity index (χ4n) is 2.23. The molecule has 6 nitrogen and oxygen atoms in total. The van der Waals surface area contributed by atoms with Gasteiger partial charge >= 0.3 is 0 Å². The Bertz CT molecular complexity index is 682. The molecule has 1 fully saturated rings. The quantitative estimate of drug-likeness (QED) is 0.782. The van der Waals surface area contributed by atoms with Crippen molar-refractivity contribution < 1.29 is 9.59 Å². The zero-order valence-corrected chi connectivity index (χ0v) is 11.5. The van der Waals surface area contributed by atoms with Crippen molar-refractivity contribution >= 4 is 38.5 Å². The van der Waals surface area contributed by atoms with Crippen LogP contribution in [0.15, 0.2) is 18.2 Å². The predicted octanol–water partition coefficient (Wildman–Crippen LogP) is 0.887. The van der Waals surface area contributed by atoms with E-state index < -0.39 is 0 Å². The number of thiazole rings is 1. The number of carbonyl (C=O) groups is 2. The van der Waals surface area contributed by atoms with E-state index in [0.29, 0.717) is 23.7 Å². The summed E-state index contributed by atoms with van der Waals surface area (Å²) in [5.74, 6) is -0.106. The number of benzene rings is 1. The summed E-state index contributed by atoms with van der Waals surface area (Å²) in [4.78, 5) is 27.3. The van der Waals surface area contributed by atoms with Crippen molar-refractivity contribution in [2.45, 2.75) is 18.9 Å². The van der Waals surface area contributed by atoms with E-state index in [1.54, 1.807) is 18.2 Å². The number of aromatic nitrogens is 1. The summed E-state index contributed by atoms with van der Waals surface area (Å²) in [7, 11) is 0. The molecular formula is C13H14N4O2S. The second-order valence-corrected chi connectivity index (χ2v) is 5.81. The van der Waals surface area contributed by atoms with Crippen molar-refractivity contribution in [2.24, 2.45) is 0 Å². The molecule has 20 heavy (non-hydrogen) atoms. The molecule has 0 spiro atoms. The van der Waals surface area contributed by atoms with E-state index in [-0.39, 0.29) is 17.9 Å². The normalized spacial score (nSPS) is 18.2. The minimum atomic E-state index is -0.153. The van der Waals surface area contributed by atoms with Crippen molar-refractivity contribution in [1.82, 2.24) is 15.6 Å². The molecule has 1 aromatic carbocycles. The van der Waals surface area contributed by atoms with Crippen molar-refractivity contribution in [3.63, 3.8) is 0 Å². The summed E-state index contributed by atoms with van der Waals surface area (Å²) < 4.78 is 0.893. The molecule has 2 aromatic rings. The van der Waals surface area contributed by atoms with Crippen molar-refractivity contribution in [3.05, 3.63) is 23.8 Å². The number of nitrogen functional groups attached to an aromatic ring is 1. The van der Waals surface area contributed by atoms with Gasteiger partial charge < -0.3 is 16.4 Å². The van der Waals surface area contributed by atoms with Gasteiger partial charge in [-0.05, 0) is 24.6 Å². The maximum atomic E-state index is 12.1. The smallest absolute Gasteiger partial charge is 0.251 e. The number of nitrogens with two attached hydrogens (primary N) is 1. The molecule has 0 saturated carbocycles. The fraction of sp³-hybridized carbons (Fsp3) is 0.308. The Balaban J connectivity index is 1.67. The SMILES string of the molecule is Nc1nc2ccc(C(=O)NCC3CCC(=O)N3)cc2s1. The van der Waals surface area contributed by atoms with Gasteiger partial charge in [0.15, 0.2) is 5.13 Å². The van der Waals surface area contributed by atoms with Crippen LogP contribution in [0.5, 0.6) is 0 Å². The van der Waals surface area contributed by atoms with Gasteiger partial charge in [0.25, 0.3) is 5.91 Å². The Kier molecular flexibility index (Phi) is 3.27. The highest BCUT2D eigenvalue weighted by Gasteiger charge is 2.21. The Labute approximate surface area is 119 Å². The number of nitrogens with zero attached hydrogens (tertiary/aromatic N) is 1. The lowest BCUT2D eigenvalue weighted by atomic mass is 10.2. The summed E-state index contributed by atoms with van der Waals surface area (Å²) in [6.07, 6.45) is 1.30. The molecule has 0 aliphatic carbocycles. The Morgan fingerprint density at radius 2 is 2.40 bits per heavy atom. The summed E-state index contributed by atoms with van der Waals surface area (Å²) >= 11 is 1.36. The number of fused-ring (bicyclic) bond motifs is 1. The Morgan fingerprint density at radius 3 is 3.15 bits per heavy atom. The molecule has 104 valence electrons. The molecule has 0 bridgehead atoms. The van der Waals surface area contributed by atoms with Gasteiger partial charge in [0.1, 0.15) is 0 Å². The fourth-order valence-corrected chi connectivity index (χ4v) is 3.01. The van der Waals surface area contributed by atoms with Gasteiger partial charge in [0.05, 0.1) is 10.2 Å². The maximum absolute atomic E-state index is 12.1. The number of hydrogen-bond donors (Lipinski definition) is 3. The molecule has 1 aliphatic heterocycles. The minimum absolute atomic E-state index is 0.0363. The van der Waals surface area contributed by atoms with E-state index in [2.05, 4.69) is 15.6 Å². The van der Waals surface area contributed by atoms with Crippen LogP contribution in [0.1, 0.15) is 23.2 Å². The largest absolute Gasteiger partial charge is 0.375 e. The van der Waals surface area contributed by atoms with Crippen LogP contribution < -0.4 is 16.4 Å². The molecule has 1 aliphatic rings. The third kappa shape index (κ3) is 2.57. The average Bonchev–Trinajstić information content (AvgIpc) is 2.99. The number of rotatable bonds is 3. The molecule has 7 heteroatoms. The zero-order chi connectivity index (χ0) is 14.1. The van der Waals surface area contributed by atoms with Gasteiger partial charge in [0, 0.05) is 24.6 Å². The standard InChI is InChI=1S/C13H14N4O2S/c14-13-17-9-3-1-7(5-10(9)20-13)12(19)15-6-8-2-4-11(18)16-8/h1,3,5,8H,2,4,6H2,(H2,14,17)(H,15,19)(H,16,18). The highest BCUT2D eigenvalue weighted by atomic mass is 32.1. The van der Waals surface area contributed by atoms with E-state index in [9.17, 15) is 9.59 Å². The lowest BCUT2D eigenvalue weighted by molar-refractivity contribution is -0.119. The van der Waals surface area contributed by atoms with Crippen LogP contribution in [-0.4, -0.2) is 29.4 Å². The van der Waals surface area contributed by atoms with Gasteiger partial charge in [-0.25, -0.2) is 4.98 Å². The maximum Gasteiger partial charge on any atom is 0.251 e. The summed E-state index contributed by atoms with van der Waals surface area (Å²) in [5, 5.41) is 6.14. The van der Waals surface area contributed by atoms with Gasteiger partial charge in [-0.2, -0.15) is 0 Å². The predicted molar refractivity (Wildman–Crippen MR) is 77.5 cm³/mol. The summed E-state index contributed by atoms with van der Waals surface area (Å²) in [6, 6.07) is 5.33. The van der Waals surface area contributed by atoms with Crippen LogP contribution >= 0.6 is 11.3 Å². The molecule has 1 unspecified atom stereocenters.